The van der Waals surface area contributed by atoms with E-state index < -0.39 is 0 Å². The van der Waals surface area contributed by atoms with Crippen LogP contribution in [0.2, 0.25) is 0 Å². The Morgan fingerprint density at radius 2 is 1.48 bits per heavy atom. The van der Waals surface area contributed by atoms with E-state index in [2.05, 4.69) is 35.8 Å². The zero-order valence-electron chi connectivity index (χ0n) is 15.9. The fraction of sp³-hybridized carbons (Fsp3) is 0.526. The van der Waals surface area contributed by atoms with Gasteiger partial charge in [-0.2, -0.15) is 0 Å². The normalized spacial score (nSPS) is 17.5. The number of carbonyl (C=O) groups is 1. The molecule has 0 atom stereocenters. The SMILES string of the molecule is Cc1cnc(C(=O)N2CCN(c3cc(N4CCCC4)nc(C)n3)CC2)cn1. The highest BCUT2D eigenvalue weighted by Crippen LogP contribution is 2.23. The number of aryl methyl sites for hydroxylation is 2. The smallest absolute Gasteiger partial charge is 0.274 e. The van der Waals surface area contributed by atoms with Crippen LogP contribution in [0.3, 0.4) is 0 Å². The minimum absolute atomic E-state index is 0.0567. The molecule has 0 spiro atoms. The third-order valence-corrected chi connectivity index (χ3v) is 5.13. The van der Waals surface area contributed by atoms with Gasteiger partial charge in [-0.15, -0.1) is 0 Å². The van der Waals surface area contributed by atoms with Crippen molar-refractivity contribution >= 4 is 17.5 Å². The second kappa shape index (κ2) is 7.46. The van der Waals surface area contributed by atoms with Gasteiger partial charge in [0.2, 0.25) is 0 Å². The van der Waals surface area contributed by atoms with Crippen molar-refractivity contribution in [3.8, 4) is 0 Å². The van der Waals surface area contributed by atoms with Crippen LogP contribution in [0.15, 0.2) is 18.5 Å². The van der Waals surface area contributed by atoms with Crippen molar-refractivity contribution in [2.45, 2.75) is 26.7 Å². The number of nitrogens with zero attached hydrogens (tertiary/aromatic N) is 7. The molecule has 0 aliphatic carbocycles. The first-order valence-electron chi connectivity index (χ1n) is 9.54. The number of hydrogen-bond donors (Lipinski definition) is 0. The minimum Gasteiger partial charge on any atom is -0.356 e. The Kier molecular flexibility index (Phi) is 4.87. The Labute approximate surface area is 159 Å². The number of amides is 1. The summed E-state index contributed by atoms with van der Waals surface area (Å²) in [7, 11) is 0. The van der Waals surface area contributed by atoms with E-state index in [4.69, 9.17) is 0 Å². The Bertz CT molecular complexity index is 809. The predicted octanol–water partition coefficient (Wildman–Crippen LogP) is 1.45. The molecule has 2 saturated heterocycles. The molecule has 4 rings (SSSR count). The molecule has 2 aromatic rings. The quantitative estimate of drug-likeness (QED) is 0.812. The summed E-state index contributed by atoms with van der Waals surface area (Å²) in [6, 6.07) is 2.08. The maximum Gasteiger partial charge on any atom is 0.274 e. The summed E-state index contributed by atoms with van der Waals surface area (Å²) < 4.78 is 0. The molecular formula is C19H25N7O. The van der Waals surface area contributed by atoms with E-state index in [0.717, 1.165) is 49.3 Å². The Hall–Kier alpha value is -2.77. The average molecular weight is 367 g/mol. The van der Waals surface area contributed by atoms with Gasteiger partial charge in [0, 0.05) is 51.5 Å². The van der Waals surface area contributed by atoms with Gasteiger partial charge < -0.3 is 14.7 Å². The van der Waals surface area contributed by atoms with Gasteiger partial charge >= 0.3 is 0 Å². The van der Waals surface area contributed by atoms with E-state index in [1.807, 2.05) is 18.7 Å². The van der Waals surface area contributed by atoms with E-state index in [-0.39, 0.29) is 5.91 Å². The maximum absolute atomic E-state index is 12.6. The number of carbonyl (C=O) groups excluding carboxylic acids is 1. The summed E-state index contributed by atoms with van der Waals surface area (Å²) >= 11 is 0. The molecule has 0 N–H and O–H groups in total. The molecule has 8 nitrogen and oxygen atoms in total. The summed E-state index contributed by atoms with van der Waals surface area (Å²) in [4.78, 5) is 36.6. The predicted molar refractivity (Wildman–Crippen MR) is 103 cm³/mol. The molecule has 2 fully saturated rings. The summed E-state index contributed by atoms with van der Waals surface area (Å²) in [6.45, 7) is 8.74. The van der Waals surface area contributed by atoms with Gasteiger partial charge in [0.15, 0.2) is 0 Å². The van der Waals surface area contributed by atoms with Crippen molar-refractivity contribution in [1.29, 1.82) is 0 Å². The number of anilines is 2. The highest BCUT2D eigenvalue weighted by atomic mass is 16.2. The van der Waals surface area contributed by atoms with E-state index in [9.17, 15) is 4.79 Å². The fourth-order valence-electron chi connectivity index (χ4n) is 3.61. The fourth-order valence-corrected chi connectivity index (χ4v) is 3.61. The van der Waals surface area contributed by atoms with Crippen molar-refractivity contribution in [2.75, 3.05) is 49.1 Å². The van der Waals surface area contributed by atoms with E-state index in [1.165, 1.54) is 12.8 Å². The lowest BCUT2D eigenvalue weighted by Gasteiger charge is -2.35. The van der Waals surface area contributed by atoms with Crippen LogP contribution >= 0.6 is 0 Å². The molecular weight excluding hydrogens is 342 g/mol. The van der Waals surface area contributed by atoms with Gasteiger partial charge in [-0.1, -0.05) is 0 Å². The lowest BCUT2D eigenvalue weighted by molar-refractivity contribution is 0.0740. The zero-order chi connectivity index (χ0) is 18.8. The molecule has 1 amide bonds. The highest BCUT2D eigenvalue weighted by Gasteiger charge is 2.25. The van der Waals surface area contributed by atoms with Crippen molar-refractivity contribution in [2.24, 2.45) is 0 Å². The van der Waals surface area contributed by atoms with E-state index in [1.54, 1.807) is 12.4 Å². The average Bonchev–Trinajstić information content (AvgIpc) is 3.23. The molecule has 142 valence electrons. The number of aromatic nitrogens is 4. The Morgan fingerprint density at radius 3 is 2.07 bits per heavy atom. The number of piperazine rings is 1. The summed E-state index contributed by atoms with van der Waals surface area (Å²) in [5, 5.41) is 0. The maximum atomic E-state index is 12.6. The monoisotopic (exact) mass is 367 g/mol. The molecule has 2 aliphatic rings. The topological polar surface area (TPSA) is 78.4 Å². The van der Waals surface area contributed by atoms with Crippen molar-refractivity contribution in [3.63, 3.8) is 0 Å². The third-order valence-electron chi connectivity index (χ3n) is 5.13. The van der Waals surface area contributed by atoms with Crippen LogP contribution in [-0.2, 0) is 0 Å². The molecule has 0 aromatic carbocycles. The number of hydrogen-bond acceptors (Lipinski definition) is 7. The lowest BCUT2D eigenvalue weighted by Crippen LogP contribution is -2.49. The minimum atomic E-state index is -0.0567. The van der Waals surface area contributed by atoms with Gasteiger partial charge in [-0.05, 0) is 26.7 Å². The standard InChI is InChI=1S/C19H25N7O/c1-14-12-21-16(13-20-14)19(27)26-9-7-25(8-10-26)18-11-17(22-15(2)23-18)24-5-3-4-6-24/h11-13H,3-10H2,1-2H3. The Morgan fingerprint density at radius 1 is 0.852 bits per heavy atom. The largest absolute Gasteiger partial charge is 0.356 e. The van der Waals surface area contributed by atoms with Crippen LogP contribution in [0, 0.1) is 13.8 Å². The Balaban J connectivity index is 1.43. The van der Waals surface area contributed by atoms with Crippen LogP contribution in [0.4, 0.5) is 11.6 Å². The number of rotatable bonds is 3. The first-order valence-corrected chi connectivity index (χ1v) is 9.54. The molecule has 0 unspecified atom stereocenters. The summed E-state index contributed by atoms with van der Waals surface area (Å²) in [5.74, 6) is 2.71. The van der Waals surface area contributed by atoms with Crippen LogP contribution < -0.4 is 9.80 Å². The zero-order valence-corrected chi connectivity index (χ0v) is 15.9. The third kappa shape index (κ3) is 3.84. The molecule has 8 heteroatoms. The second-order valence-corrected chi connectivity index (χ2v) is 7.15. The van der Waals surface area contributed by atoms with E-state index >= 15 is 0 Å². The molecule has 2 aromatic heterocycles. The molecule has 0 saturated carbocycles. The first kappa shape index (κ1) is 17.6. The molecule has 0 radical (unpaired) electrons. The van der Waals surface area contributed by atoms with Crippen LogP contribution in [0.25, 0.3) is 0 Å². The van der Waals surface area contributed by atoms with E-state index in [0.29, 0.717) is 18.8 Å². The summed E-state index contributed by atoms with van der Waals surface area (Å²) in [5.41, 5.74) is 1.22. The van der Waals surface area contributed by atoms with Gasteiger partial charge in [0.05, 0.1) is 11.9 Å². The van der Waals surface area contributed by atoms with Gasteiger partial charge in [0.1, 0.15) is 23.2 Å². The van der Waals surface area contributed by atoms with Crippen molar-refractivity contribution < 1.29 is 4.79 Å². The van der Waals surface area contributed by atoms with Crippen molar-refractivity contribution in [1.82, 2.24) is 24.8 Å². The molecule has 27 heavy (non-hydrogen) atoms. The second-order valence-electron chi connectivity index (χ2n) is 7.15. The molecule has 2 aliphatic heterocycles. The molecule has 0 bridgehead atoms. The first-order chi connectivity index (χ1) is 13.1. The molecule has 4 heterocycles. The van der Waals surface area contributed by atoms with Gasteiger partial charge in [-0.25, -0.2) is 15.0 Å². The van der Waals surface area contributed by atoms with Crippen molar-refractivity contribution in [3.05, 3.63) is 35.7 Å². The highest BCUT2D eigenvalue weighted by molar-refractivity contribution is 5.92. The van der Waals surface area contributed by atoms with Crippen LogP contribution in [0.1, 0.15) is 34.8 Å². The van der Waals surface area contributed by atoms with Gasteiger partial charge in [0.25, 0.3) is 5.91 Å². The van der Waals surface area contributed by atoms with Crippen LogP contribution in [0.5, 0.6) is 0 Å². The van der Waals surface area contributed by atoms with Crippen LogP contribution in [-0.4, -0.2) is 70.0 Å². The van der Waals surface area contributed by atoms with Gasteiger partial charge in [-0.3, -0.25) is 9.78 Å². The lowest BCUT2D eigenvalue weighted by atomic mass is 10.2. The summed E-state index contributed by atoms with van der Waals surface area (Å²) in [6.07, 6.45) is 5.63.